The summed E-state index contributed by atoms with van der Waals surface area (Å²) in [4.78, 5) is 21.4. The van der Waals surface area contributed by atoms with E-state index in [-0.39, 0.29) is 23.6 Å². The van der Waals surface area contributed by atoms with Gasteiger partial charge in [0.2, 0.25) is 22.6 Å². The summed E-state index contributed by atoms with van der Waals surface area (Å²) >= 11 is 1.33. The van der Waals surface area contributed by atoms with Crippen molar-refractivity contribution >= 4 is 22.2 Å². The fourth-order valence-electron chi connectivity index (χ4n) is 3.91. The van der Waals surface area contributed by atoms with E-state index in [1.807, 2.05) is 0 Å². The number of carbonyl (C=O) groups excluding carboxylic acids is 1. The second-order valence-electron chi connectivity index (χ2n) is 7.39. The van der Waals surface area contributed by atoms with Crippen molar-refractivity contribution in [1.82, 2.24) is 24.4 Å². The molecule has 0 spiro atoms. The van der Waals surface area contributed by atoms with Crippen LogP contribution in [0.2, 0.25) is 0 Å². The van der Waals surface area contributed by atoms with Gasteiger partial charge in [-0.3, -0.25) is 9.69 Å². The highest BCUT2D eigenvalue weighted by Gasteiger charge is 2.32. The second kappa shape index (κ2) is 7.78. The molecule has 160 valence electrons. The molecule has 5 rings (SSSR count). The fraction of sp³-hybridized carbons (Fsp3) is 0.286. The van der Waals surface area contributed by atoms with Gasteiger partial charge in [-0.25, -0.2) is 4.39 Å². The Kier molecular flexibility index (Phi) is 4.95. The van der Waals surface area contributed by atoms with E-state index >= 15 is 0 Å². The molecule has 1 aliphatic rings. The number of amides is 1. The topological polar surface area (TPSA) is 87.1 Å². The van der Waals surface area contributed by atoms with Crippen LogP contribution in [0.4, 0.5) is 4.39 Å². The number of fused-ring (bicyclic) bond motifs is 1. The fourth-order valence-corrected chi connectivity index (χ4v) is 5.02. The van der Waals surface area contributed by atoms with Crippen LogP contribution < -0.4 is 0 Å². The van der Waals surface area contributed by atoms with Crippen LogP contribution in [0.15, 0.2) is 47.1 Å². The van der Waals surface area contributed by atoms with E-state index < -0.39 is 0 Å². The summed E-state index contributed by atoms with van der Waals surface area (Å²) in [5.74, 6) is 0.636. The Morgan fingerprint density at radius 3 is 2.55 bits per heavy atom. The van der Waals surface area contributed by atoms with Gasteiger partial charge in [0.1, 0.15) is 5.82 Å². The standard InChI is InChI=1S/C21H20FN5O3S/c1-13(28)25-8-10-26(11-9-25)17(14-4-6-15(22)7-5-14)18-20(29)27-21(31-18)23-19(24-27)16-3-2-12-30-16/h2-7,12,17,29H,8-11H2,1H3. The molecule has 1 aliphatic heterocycles. The quantitative estimate of drug-likeness (QED) is 0.524. The predicted molar refractivity (Wildman–Crippen MR) is 112 cm³/mol. The van der Waals surface area contributed by atoms with Crippen LogP contribution in [0.25, 0.3) is 16.5 Å². The SMILES string of the molecule is CC(=O)N1CCN(C(c2ccc(F)cc2)c2sc3nc(-c4ccco4)nn3c2O)CC1. The third-order valence-corrected chi connectivity index (χ3v) is 6.57. The average Bonchev–Trinajstić information content (AvgIpc) is 3.49. The summed E-state index contributed by atoms with van der Waals surface area (Å²) in [7, 11) is 0. The van der Waals surface area contributed by atoms with Crippen molar-refractivity contribution in [2.45, 2.75) is 13.0 Å². The van der Waals surface area contributed by atoms with Crippen molar-refractivity contribution in [2.75, 3.05) is 26.2 Å². The third-order valence-electron chi connectivity index (χ3n) is 5.50. The van der Waals surface area contributed by atoms with Gasteiger partial charge in [-0.05, 0) is 29.8 Å². The van der Waals surface area contributed by atoms with Gasteiger partial charge >= 0.3 is 0 Å². The maximum atomic E-state index is 13.6. The Balaban J connectivity index is 1.54. The van der Waals surface area contributed by atoms with Gasteiger partial charge in [0, 0.05) is 33.1 Å². The molecular weight excluding hydrogens is 421 g/mol. The van der Waals surface area contributed by atoms with Crippen molar-refractivity contribution in [1.29, 1.82) is 0 Å². The third kappa shape index (κ3) is 3.57. The van der Waals surface area contributed by atoms with E-state index in [9.17, 15) is 14.3 Å². The number of furan rings is 1. The van der Waals surface area contributed by atoms with Crippen molar-refractivity contribution in [3.8, 4) is 17.5 Å². The number of nitrogens with zero attached hydrogens (tertiary/aromatic N) is 5. The van der Waals surface area contributed by atoms with Gasteiger partial charge in [0.05, 0.1) is 17.2 Å². The number of halogens is 1. The minimum Gasteiger partial charge on any atom is -0.492 e. The highest BCUT2D eigenvalue weighted by atomic mass is 32.1. The minimum atomic E-state index is -0.321. The summed E-state index contributed by atoms with van der Waals surface area (Å²) in [6.07, 6.45) is 1.54. The molecule has 1 unspecified atom stereocenters. The molecule has 0 bridgehead atoms. The number of hydrogen-bond acceptors (Lipinski definition) is 7. The smallest absolute Gasteiger partial charge is 0.230 e. The molecule has 0 radical (unpaired) electrons. The van der Waals surface area contributed by atoms with Crippen molar-refractivity contribution in [3.63, 3.8) is 0 Å². The lowest BCUT2D eigenvalue weighted by Gasteiger charge is -2.38. The number of hydrogen-bond donors (Lipinski definition) is 1. The molecular formula is C21H20FN5O3S. The van der Waals surface area contributed by atoms with Crippen LogP contribution in [0.1, 0.15) is 23.4 Å². The van der Waals surface area contributed by atoms with Gasteiger partial charge < -0.3 is 14.4 Å². The average molecular weight is 441 g/mol. The van der Waals surface area contributed by atoms with Crippen LogP contribution in [-0.2, 0) is 4.79 Å². The Morgan fingerprint density at radius 1 is 1.19 bits per heavy atom. The normalized spacial score (nSPS) is 16.1. The van der Waals surface area contributed by atoms with E-state index in [0.29, 0.717) is 47.6 Å². The molecule has 4 heterocycles. The van der Waals surface area contributed by atoms with E-state index in [4.69, 9.17) is 4.42 Å². The molecule has 4 aromatic rings. The lowest BCUT2D eigenvalue weighted by molar-refractivity contribution is -0.130. The van der Waals surface area contributed by atoms with Crippen LogP contribution in [0, 0.1) is 5.82 Å². The van der Waals surface area contributed by atoms with Crippen molar-refractivity contribution in [3.05, 3.63) is 58.9 Å². The number of aromatic nitrogens is 3. The zero-order chi connectivity index (χ0) is 21.5. The number of rotatable bonds is 4. The van der Waals surface area contributed by atoms with Gasteiger partial charge in [0.15, 0.2) is 5.76 Å². The molecule has 1 saturated heterocycles. The summed E-state index contributed by atoms with van der Waals surface area (Å²) in [5.41, 5.74) is 0.851. The maximum Gasteiger partial charge on any atom is 0.230 e. The van der Waals surface area contributed by atoms with Gasteiger partial charge in [-0.1, -0.05) is 23.5 Å². The Labute approximate surface area is 181 Å². The number of thiazole rings is 1. The Bertz CT molecular complexity index is 1210. The zero-order valence-corrected chi connectivity index (χ0v) is 17.5. The van der Waals surface area contributed by atoms with Gasteiger partial charge in [-0.15, -0.1) is 5.10 Å². The van der Waals surface area contributed by atoms with Crippen LogP contribution in [0.5, 0.6) is 5.88 Å². The molecule has 8 nitrogen and oxygen atoms in total. The van der Waals surface area contributed by atoms with E-state index in [0.717, 1.165) is 5.56 Å². The summed E-state index contributed by atoms with van der Waals surface area (Å²) in [5, 5.41) is 15.4. The first-order chi connectivity index (χ1) is 15.0. The molecule has 3 aromatic heterocycles. The molecule has 1 amide bonds. The Morgan fingerprint density at radius 2 is 1.94 bits per heavy atom. The molecule has 1 aromatic carbocycles. The van der Waals surface area contributed by atoms with Crippen molar-refractivity contribution in [2.24, 2.45) is 0 Å². The Hall–Kier alpha value is -3.24. The highest BCUT2D eigenvalue weighted by Crippen LogP contribution is 2.40. The maximum absolute atomic E-state index is 13.6. The predicted octanol–water partition coefficient (Wildman–Crippen LogP) is 3.15. The van der Waals surface area contributed by atoms with Gasteiger partial charge in [0.25, 0.3) is 0 Å². The number of piperazine rings is 1. The second-order valence-corrected chi connectivity index (χ2v) is 8.40. The molecule has 10 heteroatoms. The molecule has 0 saturated carbocycles. The first-order valence-electron chi connectivity index (χ1n) is 9.88. The monoisotopic (exact) mass is 441 g/mol. The van der Waals surface area contributed by atoms with Gasteiger partial charge in [-0.2, -0.15) is 9.50 Å². The molecule has 1 atom stereocenters. The summed E-state index contributed by atoms with van der Waals surface area (Å²) < 4.78 is 20.3. The number of benzene rings is 1. The van der Waals surface area contributed by atoms with E-state index in [2.05, 4.69) is 15.0 Å². The molecule has 0 aliphatic carbocycles. The van der Waals surface area contributed by atoms with E-state index in [1.54, 1.807) is 42.4 Å². The van der Waals surface area contributed by atoms with Crippen LogP contribution in [0.3, 0.4) is 0 Å². The largest absolute Gasteiger partial charge is 0.492 e. The minimum absolute atomic E-state index is 0.00590. The first kappa shape index (κ1) is 19.7. The van der Waals surface area contributed by atoms with Crippen LogP contribution in [-0.4, -0.2) is 61.6 Å². The highest BCUT2D eigenvalue weighted by molar-refractivity contribution is 7.17. The number of carbonyl (C=O) groups is 1. The van der Waals surface area contributed by atoms with E-state index in [1.165, 1.54) is 28.0 Å². The first-order valence-corrected chi connectivity index (χ1v) is 10.7. The molecule has 1 fully saturated rings. The van der Waals surface area contributed by atoms with Crippen molar-refractivity contribution < 1.29 is 18.7 Å². The molecule has 31 heavy (non-hydrogen) atoms. The lowest BCUT2D eigenvalue weighted by Crippen LogP contribution is -2.49. The summed E-state index contributed by atoms with van der Waals surface area (Å²) in [6, 6.07) is 9.47. The lowest BCUT2D eigenvalue weighted by atomic mass is 10.0. The number of aromatic hydroxyl groups is 1. The van der Waals surface area contributed by atoms with Crippen LogP contribution >= 0.6 is 11.3 Å². The zero-order valence-electron chi connectivity index (χ0n) is 16.7. The molecule has 1 N–H and O–H groups in total. The summed E-state index contributed by atoms with van der Waals surface area (Å²) in [6.45, 7) is 4.02.